The molecule has 0 aromatic heterocycles. The number of esters is 2. The second-order valence-electron chi connectivity index (χ2n) is 7.46. The van der Waals surface area contributed by atoms with E-state index in [1.807, 2.05) is 0 Å². The first-order chi connectivity index (χ1) is 12.7. The zero-order chi connectivity index (χ0) is 20.1. The number of rotatable bonds is 6. The van der Waals surface area contributed by atoms with E-state index in [2.05, 4.69) is 20.8 Å². The minimum Gasteiger partial charge on any atom is -0.460 e. The van der Waals surface area contributed by atoms with Crippen molar-refractivity contribution in [3.05, 3.63) is 33.9 Å². The Balaban J connectivity index is 1.93. The monoisotopic (exact) mass is 378 g/mol. The van der Waals surface area contributed by atoms with Crippen LogP contribution in [-0.2, 0) is 14.3 Å². The quantitative estimate of drug-likeness (QED) is 0.348. The van der Waals surface area contributed by atoms with Crippen LogP contribution in [0.15, 0.2) is 18.2 Å². The largest absolute Gasteiger partial charge is 0.460 e. The van der Waals surface area contributed by atoms with E-state index in [0.717, 1.165) is 25.3 Å². The number of benzene rings is 1. The van der Waals surface area contributed by atoms with Crippen LogP contribution in [0.25, 0.3) is 0 Å². The summed E-state index contributed by atoms with van der Waals surface area (Å²) in [5.74, 6) is -0.282. The number of hydrogen-bond donors (Lipinski definition) is 1. The second-order valence-corrected chi connectivity index (χ2v) is 7.46. The van der Waals surface area contributed by atoms with Crippen molar-refractivity contribution in [1.29, 1.82) is 0 Å². The van der Waals surface area contributed by atoms with Gasteiger partial charge in [0.1, 0.15) is 11.8 Å². The molecule has 27 heavy (non-hydrogen) atoms. The molecule has 3 atom stereocenters. The Labute approximate surface area is 158 Å². The molecular formula is C19H26N2O6. The molecule has 8 nitrogen and oxygen atoms in total. The van der Waals surface area contributed by atoms with Crippen molar-refractivity contribution in [2.24, 2.45) is 17.8 Å². The van der Waals surface area contributed by atoms with E-state index in [9.17, 15) is 19.7 Å². The standard InChI is InChI=1S/C19H26N2O6/c1-11(2)14-6-4-12(3)8-17(14)27-18(22)10-26-19(23)13-5-7-15(20)16(9-13)21(24)25/h5,7,9,11-12,14,17H,4,6,8,10,20H2,1-3H3/t12-,14-,17+/m1/s1. The summed E-state index contributed by atoms with van der Waals surface area (Å²) in [6.45, 7) is 5.81. The van der Waals surface area contributed by atoms with Crippen molar-refractivity contribution < 1.29 is 24.0 Å². The maximum atomic E-state index is 12.1. The molecule has 2 N–H and O–H groups in total. The summed E-state index contributed by atoms with van der Waals surface area (Å²) in [5.41, 5.74) is 5.01. The Morgan fingerprint density at radius 1 is 1.33 bits per heavy atom. The number of ether oxygens (including phenoxy) is 2. The molecule has 0 radical (unpaired) electrons. The number of carbonyl (C=O) groups excluding carboxylic acids is 2. The summed E-state index contributed by atoms with van der Waals surface area (Å²) in [6, 6.07) is 3.60. The van der Waals surface area contributed by atoms with Gasteiger partial charge in [0.15, 0.2) is 6.61 Å². The fourth-order valence-corrected chi connectivity index (χ4v) is 3.49. The van der Waals surface area contributed by atoms with Crippen LogP contribution in [0.5, 0.6) is 0 Å². The third-order valence-corrected chi connectivity index (χ3v) is 5.03. The van der Waals surface area contributed by atoms with Crippen LogP contribution in [0.1, 0.15) is 50.4 Å². The molecule has 0 unspecified atom stereocenters. The molecule has 8 heteroatoms. The lowest BCUT2D eigenvalue weighted by Gasteiger charge is -2.36. The van der Waals surface area contributed by atoms with Gasteiger partial charge in [-0.2, -0.15) is 0 Å². The van der Waals surface area contributed by atoms with Gasteiger partial charge in [-0.15, -0.1) is 0 Å². The first-order valence-electron chi connectivity index (χ1n) is 9.09. The summed E-state index contributed by atoms with van der Waals surface area (Å²) in [7, 11) is 0. The summed E-state index contributed by atoms with van der Waals surface area (Å²) < 4.78 is 10.5. The van der Waals surface area contributed by atoms with Gasteiger partial charge in [-0.3, -0.25) is 10.1 Å². The molecule has 0 bridgehead atoms. The molecule has 1 aliphatic rings. The number of nitrogen functional groups attached to an aromatic ring is 1. The van der Waals surface area contributed by atoms with Crippen LogP contribution in [0, 0.1) is 27.9 Å². The Bertz CT molecular complexity index is 718. The van der Waals surface area contributed by atoms with Gasteiger partial charge in [0, 0.05) is 6.07 Å². The van der Waals surface area contributed by atoms with Crippen molar-refractivity contribution in [3.63, 3.8) is 0 Å². The van der Waals surface area contributed by atoms with Crippen molar-refractivity contribution >= 4 is 23.3 Å². The van der Waals surface area contributed by atoms with Gasteiger partial charge in [0.2, 0.25) is 0 Å². The van der Waals surface area contributed by atoms with Gasteiger partial charge in [0.25, 0.3) is 5.69 Å². The predicted molar refractivity (Wildman–Crippen MR) is 99.0 cm³/mol. The maximum absolute atomic E-state index is 12.1. The number of nitro benzene ring substituents is 1. The zero-order valence-electron chi connectivity index (χ0n) is 15.8. The molecule has 0 spiro atoms. The number of anilines is 1. The molecule has 148 valence electrons. The van der Waals surface area contributed by atoms with E-state index in [0.29, 0.717) is 17.8 Å². The molecule has 0 saturated heterocycles. The van der Waals surface area contributed by atoms with E-state index < -0.39 is 23.5 Å². The highest BCUT2D eigenvalue weighted by Gasteiger charge is 2.33. The van der Waals surface area contributed by atoms with Crippen molar-refractivity contribution in [3.8, 4) is 0 Å². The van der Waals surface area contributed by atoms with Gasteiger partial charge < -0.3 is 15.2 Å². The molecule has 1 aromatic carbocycles. The smallest absolute Gasteiger partial charge is 0.344 e. The summed E-state index contributed by atoms with van der Waals surface area (Å²) in [6.07, 6.45) is 2.73. The lowest BCUT2D eigenvalue weighted by atomic mass is 9.75. The van der Waals surface area contributed by atoms with E-state index >= 15 is 0 Å². The number of nitrogens with two attached hydrogens (primary N) is 1. The fraction of sp³-hybridized carbons (Fsp3) is 0.579. The Morgan fingerprint density at radius 3 is 2.67 bits per heavy atom. The highest BCUT2D eigenvalue weighted by Crippen LogP contribution is 2.35. The molecule has 1 fully saturated rings. The van der Waals surface area contributed by atoms with E-state index in [1.165, 1.54) is 12.1 Å². The van der Waals surface area contributed by atoms with Crippen molar-refractivity contribution in [2.75, 3.05) is 12.3 Å². The summed E-state index contributed by atoms with van der Waals surface area (Å²) >= 11 is 0. The molecule has 0 aliphatic heterocycles. The van der Waals surface area contributed by atoms with Crippen LogP contribution in [0.3, 0.4) is 0 Å². The predicted octanol–water partition coefficient (Wildman–Crippen LogP) is 3.34. The molecule has 2 rings (SSSR count). The Kier molecular flexibility index (Phi) is 6.76. The summed E-state index contributed by atoms with van der Waals surface area (Å²) in [4.78, 5) is 34.4. The third kappa shape index (κ3) is 5.42. The van der Waals surface area contributed by atoms with Crippen LogP contribution >= 0.6 is 0 Å². The lowest BCUT2D eigenvalue weighted by molar-refractivity contribution is -0.383. The van der Waals surface area contributed by atoms with Gasteiger partial charge in [-0.25, -0.2) is 9.59 Å². The topological polar surface area (TPSA) is 122 Å². The molecular weight excluding hydrogens is 352 g/mol. The average molecular weight is 378 g/mol. The van der Waals surface area contributed by atoms with Gasteiger partial charge in [-0.1, -0.05) is 27.2 Å². The highest BCUT2D eigenvalue weighted by molar-refractivity contribution is 5.92. The summed E-state index contributed by atoms with van der Waals surface area (Å²) in [5, 5.41) is 10.9. The van der Waals surface area contributed by atoms with Crippen molar-refractivity contribution in [2.45, 2.75) is 46.1 Å². The van der Waals surface area contributed by atoms with Crippen LogP contribution in [0.4, 0.5) is 11.4 Å². The maximum Gasteiger partial charge on any atom is 0.344 e. The first kappa shape index (κ1) is 20.7. The average Bonchev–Trinajstić information content (AvgIpc) is 2.59. The van der Waals surface area contributed by atoms with Crippen LogP contribution in [0.2, 0.25) is 0 Å². The molecule has 1 aromatic rings. The van der Waals surface area contributed by atoms with E-state index in [1.54, 1.807) is 0 Å². The normalized spacial score (nSPS) is 22.3. The molecule has 1 saturated carbocycles. The Hall–Kier alpha value is -2.64. The molecule has 1 aliphatic carbocycles. The van der Waals surface area contributed by atoms with Gasteiger partial charge in [0.05, 0.1) is 10.5 Å². The first-order valence-corrected chi connectivity index (χ1v) is 9.09. The van der Waals surface area contributed by atoms with Crippen molar-refractivity contribution in [1.82, 2.24) is 0 Å². The second kappa shape index (κ2) is 8.83. The number of nitrogens with zero attached hydrogens (tertiary/aromatic N) is 1. The van der Waals surface area contributed by atoms with Crippen LogP contribution in [-0.4, -0.2) is 29.6 Å². The minimum absolute atomic E-state index is 0.0463. The fourth-order valence-electron chi connectivity index (χ4n) is 3.49. The molecule has 0 heterocycles. The van der Waals surface area contributed by atoms with Gasteiger partial charge >= 0.3 is 11.9 Å². The number of nitro groups is 1. The minimum atomic E-state index is -0.840. The SMILES string of the molecule is CC(C)[C@H]1CC[C@@H](C)C[C@@H]1OC(=O)COC(=O)c1ccc(N)c([N+](=O)[O-])c1. The number of hydrogen-bond acceptors (Lipinski definition) is 7. The lowest BCUT2D eigenvalue weighted by Crippen LogP contribution is -2.36. The van der Waals surface area contributed by atoms with Gasteiger partial charge in [-0.05, 0) is 42.7 Å². The van der Waals surface area contributed by atoms with E-state index in [-0.39, 0.29) is 23.0 Å². The van der Waals surface area contributed by atoms with E-state index in [4.69, 9.17) is 15.2 Å². The zero-order valence-corrected chi connectivity index (χ0v) is 15.8. The van der Waals surface area contributed by atoms with Crippen LogP contribution < -0.4 is 5.73 Å². The Morgan fingerprint density at radius 2 is 2.04 bits per heavy atom. The molecule has 0 amide bonds. The third-order valence-electron chi connectivity index (χ3n) is 5.03. The number of carbonyl (C=O) groups is 2. The highest BCUT2D eigenvalue weighted by atomic mass is 16.6.